The molecule has 1 rings (SSSR count). The third-order valence-corrected chi connectivity index (χ3v) is 2.01. The molecule has 2 N–H and O–H groups in total. The summed E-state index contributed by atoms with van der Waals surface area (Å²) in [5.41, 5.74) is -0.321. The molecule has 86 valence electrons. The fraction of sp³-hybridized carbons (Fsp3) is 0.625. The molecule has 0 aliphatic heterocycles. The van der Waals surface area contributed by atoms with Gasteiger partial charge in [-0.3, -0.25) is 10.1 Å². The molecule has 7 nitrogen and oxygen atoms in total. The highest BCUT2D eigenvalue weighted by molar-refractivity contribution is 6.34. The van der Waals surface area contributed by atoms with E-state index in [1.54, 1.807) is 0 Å². The van der Waals surface area contributed by atoms with E-state index in [1.807, 2.05) is 6.92 Å². The highest BCUT2D eigenvalue weighted by atomic mass is 16.6. The van der Waals surface area contributed by atoms with Gasteiger partial charge in [0.1, 0.15) is 0 Å². The van der Waals surface area contributed by atoms with Gasteiger partial charge in [0.2, 0.25) is 5.82 Å². The Kier molecular flexibility index (Phi) is 4.30. The summed E-state index contributed by atoms with van der Waals surface area (Å²) in [6.45, 7) is 2.74. The van der Waals surface area contributed by atoms with Gasteiger partial charge >= 0.3 is 5.69 Å². The van der Waals surface area contributed by atoms with E-state index in [9.17, 15) is 10.1 Å². The maximum Gasteiger partial charge on any atom is 0.323 e. The SMILES string of the molecule is [B]c1nn(CCCO)c(NCC)c1[N+](=O)[O-]. The second-order valence-electron chi connectivity index (χ2n) is 3.17. The van der Waals surface area contributed by atoms with Crippen LogP contribution in [0.4, 0.5) is 11.5 Å². The Morgan fingerprint density at radius 3 is 2.88 bits per heavy atom. The van der Waals surface area contributed by atoms with Crippen LogP contribution in [0.3, 0.4) is 0 Å². The lowest BCUT2D eigenvalue weighted by atomic mass is 10.0. The van der Waals surface area contributed by atoms with E-state index in [4.69, 9.17) is 13.0 Å². The summed E-state index contributed by atoms with van der Waals surface area (Å²) < 4.78 is 1.41. The Labute approximate surface area is 94.0 Å². The number of hydrogen-bond acceptors (Lipinski definition) is 5. The molecule has 0 amide bonds. The molecule has 0 unspecified atom stereocenters. The number of nitrogens with one attached hydrogen (secondary N) is 1. The number of anilines is 1. The van der Waals surface area contributed by atoms with Crippen molar-refractivity contribution in [3.63, 3.8) is 0 Å². The lowest BCUT2D eigenvalue weighted by Crippen LogP contribution is -2.11. The molecule has 0 bridgehead atoms. The van der Waals surface area contributed by atoms with Crippen LogP contribution in [0.25, 0.3) is 0 Å². The average Bonchev–Trinajstić information content (AvgIpc) is 2.52. The molecule has 1 aromatic rings. The van der Waals surface area contributed by atoms with Crippen molar-refractivity contribution in [2.75, 3.05) is 18.5 Å². The van der Waals surface area contributed by atoms with E-state index in [1.165, 1.54) is 4.68 Å². The van der Waals surface area contributed by atoms with Crippen LogP contribution in [-0.2, 0) is 6.54 Å². The van der Waals surface area contributed by atoms with Crippen molar-refractivity contribution >= 4 is 24.9 Å². The first-order valence-corrected chi connectivity index (χ1v) is 4.97. The van der Waals surface area contributed by atoms with E-state index in [2.05, 4.69) is 10.4 Å². The van der Waals surface area contributed by atoms with Gasteiger partial charge in [-0.15, -0.1) is 0 Å². The number of rotatable bonds is 6. The molecule has 0 atom stereocenters. The topological polar surface area (TPSA) is 93.2 Å². The van der Waals surface area contributed by atoms with Crippen LogP contribution < -0.4 is 10.9 Å². The third kappa shape index (κ3) is 2.51. The van der Waals surface area contributed by atoms with Gasteiger partial charge in [0.05, 0.1) is 10.5 Å². The molecule has 0 aromatic carbocycles. The van der Waals surface area contributed by atoms with Gasteiger partial charge < -0.3 is 10.4 Å². The number of aliphatic hydroxyl groups excluding tert-OH is 1. The third-order valence-electron chi connectivity index (χ3n) is 2.01. The number of aromatic nitrogens is 2. The van der Waals surface area contributed by atoms with Gasteiger partial charge in [-0.1, -0.05) is 0 Å². The van der Waals surface area contributed by atoms with Crippen molar-refractivity contribution in [2.24, 2.45) is 0 Å². The van der Waals surface area contributed by atoms with Gasteiger partial charge in [-0.05, 0) is 13.3 Å². The van der Waals surface area contributed by atoms with Crippen molar-refractivity contribution < 1.29 is 10.0 Å². The van der Waals surface area contributed by atoms with Crippen molar-refractivity contribution in [3.8, 4) is 0 Å². The maximum absolute atomic E-state index is 10.8. The number of nitrogens with zero attached hydrogens (tertiary/aromatic N) is 3. The lowest BCUT2D eigenvalue weighted by Gasteiger charge is -2.06. The van der Waals surface area contributed by atoms with Crippen molar-refractivity contribution in [1.82, 2.24) is 9.78 Å². The normalized spacial score (nSPS) is 10.4. The van der Waals surface area contributed by atoms with Crippen molar-refractivity contribution in [1.29, 1.82) is 0 Å². The zero-order chi connectivity index (χ0) is 12.1. The molecule has 0 saturated carbocycles. The van der Waals surface area contributed by atoms with Crippen LogP contribution in [0.15, 0.2) is 0 Å². The van der Waals surface area contributed by atoms with E-state index in [0.717, 1.165) is 0 Å². The Hall–Kier alpha value is -1.57. The van der Waals surface area contributed by atoms with Crippen LogP contribution in [0.2, 0.25) is 0 Å². The molecule has 16 heavy (non-hydrogen) atoms. The lowest BCUT2D eigenvalue weighted by molar-refractivity contribution is -0.382. The minimum absolute atomic E-state index is 0.000866. The van der Waals surface area contributed by atoms with Crippen LogP contribution in [0, 0.1) is 10.1 Å². The standard InChI is InChI=1S/C8H13BN4O3/c1-2-10-8-6(13(15)16)7(9)11-12(8)4-3-5-14/h10,14H,2-5H2,1H3. The summed E-state index contributed by atoms with van der Waals surface area (Å²) in [5.74, 6) is 0.290. The summed E-state index contributed by atoms with van der Waals surface area (Å²) in [4.78, 5) is 10.2. The summed E-state index contributed by atoms with van der Waals surface area (Å²) >= 11 is 0. The van der Waals surface area contributed by atoms with E-state index < -0.39 is 4.92 Å². The molecular formula is C8H13BN4O3. The summed E-state index contributed by atoms with van der Waals surface area (Å²) in [7, 11) is 5.47. The predicted molar refractivity (Wildman–Crippen MR) is 60.1 cm³/mol. The molecule has 8 heteroatoms. The van der Waals surface area contributed by atoms with E-state index >= 15 is 0 Å². The largest absolute Gasteiger partial charge is 0.396 e. The molecule has 0 fully saturated rings. The fourth-order valence-electron chi connectivity index (χ4n) is 1.38. The molecular weight excluding hydrogens is 211 g/mol. The molecule has 1 aromatic heterocycles. The van der Waals surface area contributed by atoms with Crippen molar-refractivity contribution in [2.45, 2.75) is 19.9 Å². The quantitative estimate of drug-likeness (QED) is 0.382. The van der Waals surface area contributed by atoms with Gasteiger partial charge in [0.25, 0.3) is 0 Å². The minimum atomic E-state index is -0.560. The second kappa shape index (κ2) is 5.50. The van der Waals surface area contributed by atoms with Gasteiger partial charge in [0, 0.05) is 19.7 Å². The highest BCUT2D eigenvalue weighted by Crippen LogP contribution is 2.21. The second-order valence-corrected chi connectivity index (χ2v) is 3.17. The molecule has 1 heterocycles. The molecule has 0 aliphatic carbocycles. The van der Waals surface area contributed by atoms with Crippen LogP contribution >= 0.6 is 0 Å². The predicted octanol–water partition coefficient (Wildman–Crippen LogP) is -0.601. The van der Waals surface area contributed by atoms with E-state index in [-0.39, 0.29) is 17.9 Å². The van der Waals surface area contributed by atoms with Crippen LogP contribution in [0.5, 0.6) is 0 Å². The number of aliphatic hydroxyl groups is 1. The van der Waals surface area contributed by atoms with Gasteiger partial charge in [-0.2, -0.15) is 5.10 Å². The summed E-state index contributed by atoms with van der Waals surface area (Å²) in [5, 5.41) is 26.2. The highest BCUT2D eigenvalue weighted by Gasteiger charge is 2.23. The zero-order valence-electron chi connectivity index (χ0n) is 9.01. The Bertz CT molecular complexity index is 380. The van der Waals surface area contributed by atoms with Gasteiger partial charge in [-0.25, -0.2) is 4.68 Å². The fourth-order valence-corrected chi connectivity index (χ4v) is 1.38. The first kappa shape index (κ1) is 12.5. The molecule has 2 radical (unpaired) electrons. The molecule has 0 spiro atoms. The summed E-state index contributed by atoms with van der Waals surface area (Å²) in [6.07, 6.45) is 0.469. The summed E-state index contributed by atoms with van der Waals surface area (Å²) in [6, 6.07) is 0. The molecule has 0 aliphatic rings. The Morgan fingerprint density at radius 1 is 1.69 bits per heavy atom. The minimum Gasteiger partial charge on any atom is -0.396 e. The smallest absolute Gasteiger partial charge is 0.323 e. The van der Waals surface area contributed by atoms with E-state index in [0.29, 0.717) is 25.3 Å². The number of hydrogen-bond donors (Lipinski definition) is 2. The average molecular weight is 224 g/mol. The Balaban J connectivity index is 3.07. The number of nitro groups is 1. The van der Waals surface area contributed by atoms with Crippen molar-refractivity contribution in [3.05, 3.63) is 10.1 Å². The monoisotopic (exact) mass is 224 g/mol. The van der Waals surface area contributed by atoms with Crippen LogP contribution in [-0.4, -0.2) is 40.8 Å². The van der Waals surface area contributed by atoms with Crippen LogP contribution in [0.1, 0.15) is 13.3 Å². The van der Waals surface area contributed by atoms with Gasteiger partial charge in [0.15, 0.2) is 7.85 Å². The zero-order valence-corrected chi connectivity index (χ0v) is 9.01. The first-order chi connectivity index (χ1) is 7.61. The molecule has 0 saturated heterocycles. The Morgan fingerprint density at radius 2 is 2.38 bits per heavy atom. The maximum atomic E-state index is 10.8. The first-order valence-electron chi connectivity index (χ1n) is 4.97. The number of aryl methyl sites for hydroxylation is 1.